The van der Waals surface area contributed by atoms with Crippen molar-refractivity contribution in [3.8, 4) is 5.75 Å². The number of rotatable bonds is 5. The first-order chi connectivity index (χ1) is 11.2. The summed E-state index contributed by atoms with van der Waals surface area (Å²) in [7, 11) is 0. The second-order valence-corrected chi connectivity index (χ2v) is 5.90. The molecule has 0 aliphatic heterocycles. The van der Waals surface area contributed by atoms with Crippen LogP contribution in [0.2, 0.25) is 0 Å². The summed E-state index contributed by atoms with van der Waals surface area (Å²) < 4.78 is 11.9. The number of aliphatic hydroxyl groups is 1. The van der Waals surface area contributed by atoms with Gasteiger partial charge in [0.15, 0.2) is 12.0 Å². The monoisotopic (exact) mass is 330 g/mol. The molecule has 0 amide bonds. The molecule has 1 N–H and O–H groups in total. The molecule has 0 fully saturated rings. The molecule has 0 spiro atoms. The topological polar surface area (TPSA) is 72.8 Å². The molecule has 0 radical (unpaired) electrons. The van der Waals surface area contributed by atoms with E-state index in [0.717, 1.165) is 9.40 Å². The number of hydrogen-bond acceptors (Lipinski definition) is 6. The lowest BCUT2D eigenvalue weighted by atomic mass is 10.2. The van der Waals surface area contributed by atoms with Crippen LogP contribution in [-0.4, -0.2) is 30.9 Å². The van der Waals surface area contributed by atoms with Crippen LogP contribution in [0.25, 0.3) is 20.2 Å². The zero-order valence-electron chi connectivity index (χ0n) is 12.2. The van der Waals surface area contributed by atoms with Gasteiger partial charge in [-0.15, -0.1) is 11.3 Å². The van der Waals surface area contributed by atoms with Gasteiger partial charge in [0, 0.05) is 20.2 Å². The molecule has 6 heteroatoms. The van der Waals surface area contributed by atoms with Crippen molar-refractivity contribution in [1.29, 1.82) is 0 Å². The van der Waals surface area contributed by atoms with E-state index < -0.39 is 5.97 Å². The van der Waals surface area contributed by atoms with Crippen LogP contribution >= 0.6 is 11.3 Å². The van der Waals surface area contributed by atoms with E-state index in [1.54, 1.807) is 18.2 Å². The van der Waals surface area contributed by atoms with Crippen LogP contribution in [0, 0.1) is 0 Å². The SMILES string of the molecule is O=C(COc1ccc2sc3ccccc3c(=O)c2c1)OCCO. The van der Waals surface area contributed by atoms with Crippen molar-refractivity contribution in [2.75, 3.05) is 19.8 Å². The van der Waals surface area contributed by atoms with Gasteiger partial charge in [-0.25, -0.2) is 4.79 Å². The molecule has 0 saturated carbocycles. The van der Waals surface area contributed by atoms with E-state index in [0.29, 0.717) is 16.5 Å². The summed E-state index contributed by atoms with van der Waals surface area (Å²) in [6.45, 7) is -0.551. The summed E-state index contributed by atoms with van der Waals surface area (Å²) >= 11 is 1.53. The first-order valence-corrected chi connectivity index (χ1v) is 7.85. The Morgan fingerprint density at radius 3 is 2.70 bits per heavy atom. The van der Waals surface area contributed by atoms with Crippen molar-refractivity contribution in [1.82, 2.24) is 0 Å². The van der Waals surface area contributed by atoms with Crippen LogP contribution in [0.3, 0.4) is 0 Å². The lowest BCUT2D eigenvalue weighted by Gasteiger charge is -2.07. The smallest absolute Gasteiger partial charge is 0.344 e. The van der Waals surface area contributed by atoms with E-state index in [9.17, 15) is 9.59 Å². The molecule has 0 aliphatic rings. The van der Waals surface area contributed by atoms with Crippen molar-refractivity contribution < 1.29 is 19.4 Å². The van der Waals surface area contributed by atoms with E-state index in [1.807, 2.05) is 24.3 Å². The normalized spacial score (nSPS) is 10.8. The molecule has 0 atom stereocenters. The Morgan fingerprint density at radius 2 is 1.87 bits per heavy atom. The zero-order valence-corrected chi connectivity index (χ0v) is 13.0. The van der Waals surface area contributed by atoms with Gasteiger partial charge in [0.2, 0.25) is 0 Å². The first kappa shape index (κ1) is 15.5. The van der Waals surface area contributed by atoms with Crippen LogP contribution in [0.5, 0.6) is 5.75 Å². The predicted molar refractivity (Wildman–Crippen MR) is 89.1 cm³/mol. The van der Waals surface area contributed by atoms with Gasteiger partial charge in [-0.1, -0.05) is 12.1 Å². The molecule has 23 heavy (non-hydrogen) atoms. The van der Waals surface area contributed by atoms with Gasteiger partial charge in [-0.2, -0.15) is 0 Å². The van der Waals surface area contributed by atoms with E-state index in [1.165, 1.54) is 11.3 Å². The summed E-state index contributed by atoms with van der Waals surface area (Å²) in [4.78, 5) is 23.9. The molecular formula is C17H14O5S. The minimum atomic E-state index is -0.567. The number of aliphatic hydroxyl groups excluding tert-OH is 1. The molecule has 0 saturated heterocycles. The van der Waals surface area contributed by atoms with Gasteiger partial charge in [0.25, 0.3) is 0 Å². The average Bonchev–Trinajstić information content (AvgIpc) is 2.58. The third-order valence-corrected chi connectivity index (χ3v) is 4.41. The molecule has 3 rings (SSSR count). The molecular weight excluding hydrogens is 316 g/mol. The molecule has 3 aromatic rings. The Labute approximate surface area is 135 Å². The van der Waals surface area contributed by atoms with Crippen LogP contribution in [-0.2, 0) is 9.53 Å². The van der Waals surface area contributed by atoms with Gasteiger partial charge < -0.3 is 14.6 Å². The van der Waals surface area contributed by atoms with Gasteiger partial charge in [0.1, 0.15) is 12.4 Å². The highest BCUT2D eigenvalue weighted by molar-refractivity contribution is 7.24. The number of ether oxygens (including phenoxy) is 2. The lowest BCUT2D eigenvalue weighted by molar-refractivity contribution is -0.146. The summed E-state index contributed by atoms with van der Waals surface area (Å²) in [5.74, 6) is -0.138. The van der Waals surface area contributed by atoms with Crippen LogP contribution < -0.4 is 10.2 Å². The number of fused-ring (bicyclic) bond motifs is 2. The van der Waals surface area contributed by atoms with Crippen LogP contribution in [0.4, 0.5) is 0 Å². The second kappa shape index (κ2) is 6.76. The quantitative estimate of drug-likeness (QED) is 0.574. The number of benzene rings is 2. The van der Waals surface area contributed by atoms with E-state index in [4.69, 9.17) is 14.6 Å². The maximum absolute atomic E-state index is 12.6. The van der Waals surface area contributed by atoms with Gasteiger partial charge >= 0.3 is 5.97 Å². The van der Waals surface area contributed by atoms with Gasteiger partial charge in [-0.3, -0.25) is 4.79 Å². The molecule has 118 valence electrons. The highest BCUT2D eigenvalue weighted by Gasteiger charge is 2.08. The Bertz CT molecular complexity index is 916. The Balaban J connectivity index is 1.89. The third kappa shape index (κ3) is 3.33. The summed E-state index contributed by atoms with van der Waals surface area (Å²) in [5.41, 5.74) is -0.0531. The molecule has 0 aliphatic carbocycles. The molecule has 0 bridgehead atoms. The van der Waals surface area contributed by atoms with Gasteiger partial charge in [-0.05, 0) is 30.3 Å². The second-order valence-electron chi connectivity index (χ2n) is 4.82. The molecule has 0 unspecified atom stereocenters. The summed E-state index contributed by atoms with van der Waals surface area (Å²) in [5, 5.41) is 9.82. The molecule has 1 aromatic heterocycles. The maximum atomic E-state index is 12.6. The fourth-order valence-corrected chi connectivity index (χ4v) is 3.27. The Morgan fingerprint density at radius 1 is 1.09 bits per heavy atom. The minimum absolute atomic E-state index is 0.0531. The Hall–Kier alpha value is -2.44. The molecule has 1 heterocycles. The van der Waals surface area contributed by atoms with Crippen LogP contribution in [0.15, 0.2) is 47.3 Å². The standard InChI is InChI=1S/C17H14O5S/c18-7-8-21-16(19)10-22-11-5-6-15-13(9-11)17(20)12-3-1-2-4-14(12)23-15/h1-6,9,18H,7-8,10H2. The number of hydrogen-bond donors (Lipinski definition) is 1. The highest BCUT2D eigenvalue weighted by Crippen LogP contribution is 2.27. The third-order valence-electron chi connectivity index (χ3n) is 3.26. The fourth-order valence-electron chi connectivity index (χ4n) is 2.22. The minimum Gasteiger partial charge on any atom is -0.482 e. The average molecular weight is 330 g/mol. The molecule has 5 nitrogen and oxygen atoms in total. The summed E-state index contributed by atoms with van der Waals surface area (Å²) in [6.07, 6.45) is 0. The van der Waals surface area contributed by atoms with Gasteiger partial charge in [0.05, 0.1) is 6.61 Å². The summed E-state index contributed by atoms with van der Waals surface area (Å²) in [6, 6.07) is 12.6. The van der Waals surface area contributed by atoms with Crippen molar-refractivity contribution in [2.45, 2.75) is 0 Å². The first-order valence-electron chi connectivity index (χ1n) is 7.04. The number of esters is 1. The zero-order chi connectivity index (χ0) is 16.2. The fraction of sp³-hybridized carbons (Fsp3) is 0.176. The van der Waals surface area contributed by atoms with Crippen molar-refractivity contribution >= 4 is 37.5 Å². The number of carbonyl (C=O) groups is 1. The van der Waals surface area contributed by atoms with E-state index in [-0.39, 0.29) is 25.2 Å². The lowest BCUT2D eigenvalue weighted by Crippen LogP contribution is -2.16. The Kier molecular flexibility index (Phi) is 4.55. The van der Waals surface area contributed by atoms with Crippen molar-refractivity contribution in [2.24, 2.45) is 0 Å². The number of carbonyl (C=O) groups excluding carboxylic acids is 1. The van der Waals surface area contributed by atoms with Crippen molar-refractivity contribution in [3.05, 3.63) is 52.7 Å². The highest BCUT2D eigenvalue weighted by atomic mass is 32.1. The van der Waals surface area contributed by atoms with E-state index in [2.05, 4.69) is 0 Å². The van der Waals surface area contributed by atoms with Crippen LogP contribution in [0.1, 0.15) is 0 Å². The maximum Gasteiger partial charge on any atom is 0.344 e. The molecule has 2 aromatic carbocycles. The predicted octanol–water partition coefficient (Wildman–Crippen LogP) is 2.33. The van der Waals surface area contributed by atoms with E-state index >= 15 is 0 Å². The largest absolute Gasteiger partial charge is 0.482 e. The van der Waals surface area contributed by atoms with Crippen molar-refractivity contribution in [3.63, 3.8) is 0 Å².